The zero-order valence-corrected chi connectivity index (χ0v) is 15.5. The summed E-state index contributed by atoms with van der Waals surface area (Å²) in [6.07, 6.45) is 2.07. The third kappa shape index (κ3) is 3.80. The summed E-state index contributed by atoms with van der Waals surface area (Å²) in [6.45, 7) is 1.81. The molecule has 8 heteroatoms. The van der Waals surface area contributed by atoms with Crippen molar-refractivity contribution in [2.24, 2.45) is 0 Å². The van der Waals surface area contributed by atoms with E-state index in [0.717, 1.165) is 11.3 Å². The summed E-state index contributed by atoms with van der Waals surface area (Å²) in [5, 5.41) is -0.245. The fourth-order valence-corrected chi connectivity index (χ4v) is 4.17. The van der Waals surface area contributed by atoms with Crippen LogP contribution in [0, 0.1) is 5.82 Å². The van der Waals surface area contributed by atoms with Crippen molar-refractivity contribution in [3.05, 3.63) is 71.4 Å². The lowest BCUT2D eigenvalue weighted by Crippen LogP contribution is -2.29. The number of aromatic amines is 1. The fraction of sp³-hybridized carbons (Fsp3) is 0.167. The molecule has 26 heavy (non-hydrogen) atoms. The number of nitrogens with one attached hydrogen (secondary N) is 2. The van der Waals surface area contributed by atoms with Gasteiger partial charge in [-0.2, -0.15) is 0 Å². The second-order valence-corrected chi connectivity index (χ2v) is 7.77. The highest BCUT2D eigenvalue weighted by Gasteiger charge is 2.26. The van der Waals surface area contributed by atoms with Gasteiger partial charge in [-0.25, -0.2) is 22.5 Å². The molecule has 3 rings (SSSR count). The Labute approximate surface area is 156 Å². The molecule has 0 aliphatic heterocycles. The highest BCUT2D eigenvalue weighted by molar-refractivity contribution is 7.89. The van der Waals surface area contributed by atoms with E-state index in [2.05, 4.69) is 14.7 Å². The van der Waals surface area contributed by atoms with Crippen LogP contribution in [0.1, 0.15) is 25.2 Å². The second kappa shape index (κ2) is 7.57. The van der Waals surface area contributed by atoms with Crippen molar-refractivity contribution >= 4 is 21.6 Å². The summed E-state index contributed by atoms with van der Waals surface area (Å²) in [4.78, 5) is 6.91. The van der Waals surface area contributed by atoms with Crippen molar-refractivity contribution in [3.63, 3.8) is 0 Å². The van der Waals surface area contributed by atoms with Crippen LogP contribution < -0.4 is 4.72 Å². The molecule has 0 saturated carbocycles. The molecule has 0 saturated heterocycles. The van der Waals surface area contributed by atoms with Crippen LogP contribution >= 0.6 is 11.6 Å². The van der Waals surface area contributed by atoms with Gasteiger partial charge in [0.05, 0.1) is 23.0 Å². The Hall–Kier alpha value is -2.22. The lowest BCUT2D eigenvalue weighted by atomic mass is 10.2. The molecule has 2 aromatic carbocycles. The number of aromatic nitrogens is 2. The van der Waals surface area contributed by atoms with Crippen LogP contribution in [-0.4, -0.2) is 18.4 Å². The number of hydrogen-bond acceptors (Lipinski definition) is 3. The van der Waals surface area contributed by atoms with Crippen molar-refractivity contribution in [1.29, 1.82) is 0 Å². The van der Waals surface area contributed by atoms with Crippen LogP contribution in [0.5, 0.6) is 0 Å². The van der Waals surface area contributed by atoms with E-state index in [0.29, 0.717) is 12.2 Å². The maximum absolute atomic E-state index is 14.1. The minimum Gasteiger partial charge on any atom is -0.341 e. The summed E-state index contributed by atoms with van der Waals surface area (Å²) in [7, 11) is -4.10. The predicted octanol–water partition coefficient (Wildman–Crippen LogP) is 4.30. The number of hydrogen-bond donors (Lipinski definition) is 2. The van der Waals surface area contributed by atoms with E-state index in [9.17, 15) is 12.8 Å². The number of benzene rings is 2. The van der Waals surface area contributed by atoms with Gasteiger partial charge in [0.15, 0.2) is 5.82 Å². The van der Waals surface area contributed by atoms with Crippen molar-refractivity contribution in [3.8, 4) is 11.3 Å². The Morgan fingerprint density at radius 2 is 1.92 bits per heavy atom. The lowest BCUT2D eigenvalue weighted by molar-refractivity contribution is 0.527. The largest absolute Gasteiger partial charge is 0.341 e. The summed E-state index contributed by atoms with van der Waals surface area (Å²) in [5.74, 6) is -0.515. The predicted molar refractivity (Wildman–Crippen MR) is 98.8 cm³/mol. The molecule has 0 fully saturated rings. The number of nitrogens with zero attached hydrogens (tertiary/aromatic N) is 1. The molecule has 0 spiro atoms. The Kier molecular flexibility index (Phi) is 5.41. The van der Waals surface area contributed by atoms with Gasteiger partial charge < -0.3 is 4.98 Å². The molecule has 0 aliphatic rings. The van der Waals surface area contributed by atoms with Crippen LogP contribution in [0.25, 0.3) is 11.3 Å². The molecule has 0 aliphatic carbocycles. The standard InChI is InChI=1S/C18H17ClFN3O2S/c1-2-14(18-21-11-15(22-18)12-7-4-3-5-8-12)23-26(24,25)16-10-6-9-13(19)17(16)20/h3-11,14,23H,2H2,1H3,(H,21,22). The highest BCUT2D eigenvalue weighted by atomic mass is 35.5. The van der Waals surface area contributed by atoms with E-state index in [1.165, 1.54) is 18.2 Å². The summed E-state index contributed by atoms with van der Waals surface area (Å²) < 4.78 is 41.7. The monoisotopic (exact) mass is 393 g/mol. The van der Waals surface area contributed by atoms with Crippen LogP contribution in [0.15, 0.2) is 59.6 Å². The molecular formula is C18H17ClFN3O2S. The molecule has 1 unspecified atom stereocenters. The van der Waals surface area contributed by atoms with Crippen molar-refractivity contribution in [2.75, 3.05) is 0 Å². The Bertz CT molecular complexity index is 1010. The first-order valence-corrected chi connectivity index (χ1v) is 9.85. The van der Waals surface area contributed by atoms with Gasteiger partial charge in [-0.05, 0) is 24.1 Å². The van der Waals surface area contributed by atoms with Crippen molar-refractivity contribution in [2.45, 2.75) is 24.3 Å². The quantitative estimate of drug-likeness (QED) is 0.655. The number of imidazole rings is 1. The Morgan fingerprint density at radius 3 is 2.62 bits per heavy atom. The van der Waals surface area contributed by atoms with Gasteiger partial charge in [0.25, 0.3) is 0 Å². The van der Waals surface area contributed by atoms with Gasteiger partial charge >= 0.3 is 0 Å². The lowest BCUT2D eigenvalue weighted by Gasteiger charge is -2.15. The SMILES string of the molecule is CCC(NS(=O)(=O)c1cccc(Cl)c1F)c1ncc(-c2ccccc2)[nH]1. The number of rotatable bonds is 6. The third-order valence-corrected chi connectivity index (χ3v) is 5.70. The van der Waals surface area contributed by atoms with Gasteiger partial charge in [-0.3, -0.25) is 0 Å². The van der Waals surface area contributed by atoms with Gasteiger partial charge in [-0.1, -0.05) is 54.9 Å². The minimum atomic E-state index is -4.10. The average molecular weight is 394 g/mol. The van der Waals surface area contributed by atoms with Gasteiger partial charge in [-0.15, -0.1) is 0 Å². The second-order valence-electron chi connectivity index (χ2n) is 5.68. The van der Waals surface area contributed by atoms with Crippen molar-refractivity contribution in [1.82, 2.24) is 14.7 Å². The zero-order valence-electron chi connectivity index (χ0n) is 13.9. The van der Waals surface area contributed by atoms with E-state index < -0.39 is 26.8 Å². The number of sulfonamides is 1. The number of H-pyrrole nitrogens is 1. The Balaban J connectivity index is 1.88. The molecular weight excluding hydrogens is 377 g/mol. The molecule has 0 radical (unpaired) electrons. The molecule has 1 heterocycles. The first kappa shape index (κ1) is 18.6. The summed E-state index contributed by atoms with van der Waals surface area (Å²) in [6, 6.07) is 12.8. The molecule has 136 valence electrons. The smallest absolute Gasteiger partial charge is 0.244 e. The normalized spacial score (nSPS) is 12.9. The molecule has 0 amide bonds. The maximum Gasteiger partial charge on any atom is 0.244 e. The Morgan fingerprint density at radius 1 is 1.19 bits per heavy atom. The molecule has 5 nitrogen and oxygen atoms in total. The van der Waals surface area contributed by atoms with Gasteiger partial charge in [0.2, 0.25) is 10.0 Å². The van der Waals surface area contributed by atoms with E-state index in [1.54, 1.807) is 6.20 Å². The molecule has 2 N–H and O–H groups in total. The average Bonchev–Trinajstić information content (AvgIpc) is 3.12. The van der Waals surface area contributed by atoms with Crippen LogP contribution in [0.3, 0.4) is 0 Å². The summed E-state index contributed by atoms with van der Waals surface area (Å²) >= 11 is 5.69. The maximum atomic E-state index is 14.1. The fourth-order valence-electron chi connectivity index (χ4n) is 2.55. The molecule has 1 atom stereocenters. The van der Waals surface area contributed by atoms with Gasteiger partial charge in [0, 0.05) is 0 Å². The van der Waals surface area contributed by atoms with Crippen molar-refractivity contribution < 1.29 is 12.8 Å². The highest BCUT2D eigenvalue weighted by Crippen LogP contribution is 2.25. The third-order valence-electron chi connectivity index (χ3n) is 3.92. The van der Waals surface area contributed by atoms with Gasteiger partial charge in [0.1, 0.15) is 10.7 Å². The van der Waals surface area contributed by atoms with Crippen LogP contribution in [0.4, 0.5) is 4.39 Å². The molecule has 1 aromatic heterocycles. The molecule has 3 aromatic rings. The van der Waals surface area contributed by atoms with E-state index in [1.807, 2.05) is 37.3 Å². The zero-order chi connectivity index (χ0) is 18.7. The topological polar surface area (TPSA) is 74.8 Å². The van der Waals surface area contributed by atoms with Crippen LogP contribution in [0.2, 0.25) is 5.02 Å². The summed E-state index contributed by atoms with van der Waals surface area (Å²) in [5.41, 5.74) is 1.71. The van der Waals surface area contributed by atoms with E-state index in [-0.39, 0.29) is 5.02 Å². The van der Waals surface area contributed by atoms with E-state index >= 15 is 0 Å². The molecule has 0 bridgehead atoms. The van der Waals surface area contributed by atoms with E-state index in [4.69, 9.17) is 11.6 Å². The minimum absolute atomic E-state index is 0.245. The number of halogens is 2. The first-order chi connectivity index (χ1) is 12.4. The first-order valence-electron chi connectivity index (χ1n) is 7.99. The van der Waals surface area contributed by atoms with Crippen LogP contribution in [-0.2, 0) is 10.0 Å².